The highest BCUT2D eigenvalue weighted by Gasteiger charge is 2.38. The third kappa shape index (κ3) is 4.58. The lowest BCUT2D eigenvalue weighted by Crippen LogP contribution is -2.37. The van der Waals surface area contributed by atoms with Gasteiger partial charge in [0.15, 0.2) is 0 Å². The average molecular weight is 315 g/mol. The van der Waals surface area contributed by atoms with Crippen molar-refractivity contribution in [2.75, 3.05) is 20.8 Å². The van der Waals surface area contributed by atoms with E-state index in [1.807, 2.05) is 5.32 Å². The predicted octanol–water partition coefficient (Wildman–Crippen LogP) is 2.30. The molecular weight excluding hydrogens is 299 g/mol. The quantitative estimate of drug-likeness (QED) is 0.848. The Hall–Kier alpha value is -2.36. The maximum Gasteiger partial charge on any atom is 0.471 e. The predicted molar refractivity (Wildman–Crippen MR) is 74.9 cm³/mol. The zero-order chi connectivity index (χ0) is 16.8. The lowest BCUT2D eigenvalue weighted by atomic mass is 10.1. The summed E-state index contributed by atoms with van der Waals surface area (Å²) in [7, 11) is 2.92. The molecule has 1 N–H and O–H groups in total. The van der Waals surface area contributed by atoms with E-state index in [4.69, 9.17) is 9.47 Å². The molecule has 0 radical (unpaired) electrons. The highest BCUT2D eigenvalue weighted by atomic mass is 19.4. The fourth-order valence-corrected chi connectivity index (χ4v) is 1.80. The number of halogens is 3. The number of methoxy groups -OCH3 is 2. The van der Waals surface area contributed by atoms with Crippen LogP contribution in [0.4, 0.5) is 13.2 Å². The molecule has 1 amide bonds. The Morgan fingerprint density at radius 2 is 1.86 bits per heavy atom. The summed E-state index contributed by atoms with van der Waals surface area (Å²) in [6, 6.07) is 3.29. The summed E-state index contributed by atoms with van der Waals surface area (Å²) < 4.78 is 46.7. The van der Waals surface area contributed by atoms with Crippen molar-refractivity contribution in [3.63, 3.8) is 0 Å². The molecule has 0 saturated heterocycles. The van der Waals surface area contributed by atoms with Gasteiger partial charge in [0.1, 0.15) is 11.5 Å². The van der Waals surface area contributed by atoms with Crippen molar-refractivity contribution in [1.29, 1.82) is 0 Å². The van der Waals surface area contributed by atoms with Crippen LogP contribution in [0.15, 0.2) is 12.1 Å². The van der Waals surface area contributed by atoms with Gasteiger partial charge in [-0.1, -0.05) is 5.92 Å². The van der Waals surface area contributed by atoms with E-state index >= 15 is 0 Å². The van der Waals surface area contributed by atoms with E-state index in [0.717, 1.165) is 0 Å². The molecule has 0 heterocycles. The van der Waals surface area contributed by atoms with Crippen LogP contribution in [0, 0.1) is 11.8 Å². The molecule has 120 valence electrons. The fraction of sp³-hybridized carbons (Fsp3) is 0.400. The van der Waals surface area contributed by atoms with Crippen LogP contribution >= 0.6 is 0 Å². The average Bonchev–Trinajstić information content (AvgIpc) is 2.47. The van der Waals surface area contributed by atoms with Crippen LogP contribution in [0.5, 0.6) is 11.5 Å². The molecule has 4 nitrogen and oxygen atoms in total. The van der Waals surface area contributed by atoms with Gasteiger partial charge in [-0.25, -0.2) is 0 Å². The van der Waals surface area contributed by atoms with Gasteiger partial charge in [-0.15, -0.1) is 5.92 Å². The number of hydrogen-bond acceptors (Lipinski definition) is 3. The van der Waals surface area contributed by atoms with Crippen molar-refractivity contribution in [2.24, 2.45) is 0 Å². The van der Waals surface area contributed by atoms with E-state index < -0.39 is 12.1 Å². The number of alkyl halides is 3. The number of amides is 1. The van der Waals surface area contributed by atoms with Crippen molar-refractivity contribution in [2.45, 2.75) is 19.5 Å². The Morgan fingerprint density at radius 3 is 2.36 bits per heavy atom. The number of rotatable bonds is 5. The first-order valence-electron chi connectivity index (χ1n) is 6.36. The van der Waals surface area contributed by atoms with Gasteiger partial charge in [-0.3, -0.25) is 4.79 Å². The monoisotopic (exact) mass is 315 g/mol. The van der Waals surface area contributed by atoms with E-state index in [9.17, 15) is 18.0 Å². The number of carbonyl (C=O) groups is 1. The maximum absolute atomic E-state index is 12.1. The van der Waals surface area contributed by atoms with Crippen LogP contribution in [0.25, 0.3) is 0 Å². The van der Waals surface area contributed by atoms with Gasteiger partial charge in [0.25, 0.3) is 0 Å². The first kappa shape index (κ1) is 17.7. The lowest BCUT2D eigenvalue weighted by Gasteiger charge is -2.13. The van der Waals surface area contributed by atoms with E-state index in [2.05, 4.69) is 11.8 Å². The van der Waals surface area contributed by atoms with Crippen molar-refractivity contribution in [3.8, 4) is 23.3 Å². The van der Waals surface area contributed by atoms with Crippen molar-refractivity contribution in [1.82, 2.24) is 5.32 Å². The number of ether oxygens (including phenoxy) is 2. The first-order chi connectivity index (χ1) is 10.3. The summed E-state index contributed by atoms with van der Waals surface area (Å²) in [5.74, 6) is 4.59. The van der Waals surface area contributed by atoms with Crippen molar-refractivity contribution in [3.05, 3.63) is 23.3 Å². The molecule has 1 rings (SSSR count). The van der Waals surface area contributed by atoms with Gasteiger partial charge in [-0.05, 0) is 31.0 Å². The van der Waals surface area contributed by atoms with E-state index in [1.54, 1.807) is 19.1 Å². The Kier molecular flexibility index (Phi) is 6.11. The van der Waals surface area contributed by atoms with Gasteiger partial charge >= 0.3 is 12.1 Å². The molecule has 1 aromatic rings. The number of nitrogens with one attached hydrogen (secondary N) is 1. The van der Waals surface area contributed by atoms with E-state index in [-0.39, 0.29) is 13.0 Å². The second-order valence-corrected chi connectivity index (χ2v) is 4.24. The van der Waals surface area contributed by atoms with Crippen molar-refractivity contribution >= 4 is 5.91 Å². The summed E-state index contributed by atoms with van der Waals surface area (Å²) in [6.45, 7) is 1.50. The number of benzene rings is 1. The lowest BCUT2D eigenvalue weighted by molar-refractivity contribution is -0.173. The first-order valence-corrected chi connectivity index (χ1v) is 6.36. The smallest absolute Gasteiger partial charge is 0.471 e. The van der Waals surface area contributed by atoms with Crippen LogP contribution in [0.2, 0.25) is 0 Å². The third-order valence-electron chi connectivity index (χ3n) is 2.80. The van der Waals surface area contributed by atoms with Gasteiger partial charge < -0.3 is 14.8 Å². The molecule has 0 aromatic heterocycles. The minimum atomic E-state index is -4.89. The molecule has 0 unspecified atom stereocenters. The Balaban J connectivity index is 2.90. The standard InChI is InChI=1S/C15H16F3NO3/c1-4-5-10-8-13(22-3)11(9-12(10)21-2)6-7-19-14(20)15(16,17)18/h8-9H,6-7H2,1-3H3,(H,19,20). The van der Waals surface area contributed by atoms with E-state index in [1.165, 1.54) is 14.2 Å². The SMILES string of the molecule is CC#Cc1cc(OC)c(CCNC(=O)C(F)(F)F)cc1OC. The van der Waals surface area contributed by atoms with Gasteiger partial charge in [0, 0.05) is 6.54 Å². The maximum atomic E-state index is 12.1. The Labute approximate surface area is 126 Å². The number of carbonyl (C=O) groups excluding carboxylic acids is 1. The van der Waals surface area contributed by atoms with Gasteiger partial charge in [-0.2, -0.15) is 13.2 Å². The van der Waals surface area contributed by atoms with Gasteiger partial charge in [0.05, 0.1) is 19.8 Å². The van der Waals surface area contributed by atoms with E-state index in [0.29, 0.717) is 22.6 Å². The molecule has 0 saturated carbocycles. The summed E-state index contributed by atoms with van der Waals surface area (Å²) in [4.78, 5) is 10.8. The highest BCUT2D eigenvalue weighted by Crippen LogP contribution is 2.28. The molecule has 0 aliphatic heterocycles. The third-order valence-corrected chi connectivity index (χ3v) is 2.80. The molecule has 1 aromatic carbocycles. The largest absolute Gasteiger partial charge is 0.496 e. The van der Waals surface area contributed by atoms with Crippen LogP contribution in [0.3, 0.4) is 0 Å². The Bertz CT molecular complexity index is 601. The highest BCUT2D eigenvalue weighted by molar-refractivity contribution is 5.81. The fourth-order valence-electron chi connectivity index (χ4n) is 1.80. The molecule has 0 atom stereocenters. The summed E-state index contributed by atoms with van der Waals surface area (Å²) in [5, 5.41) is 1.81. The molecule has 0 spiro atoms. The normalized spacial score (nSPS) is 10.5. The molecule has 7 heteroatoms. The van der Waals surface area contributed by atoms with Crippen molar-refractivity contribution < 1.29 is 27.4 Å². The topological polar surface area (TPSA) is 47.6 Å². The van der Waals surface area contributed by atoms with Crippen LogP contribution in [-0.2, 0) is 11.2 Å². The summed E-state index contributed by atoms with van der Waals surface area (Å²) in [5.41, 5.74) is 1.23. The molecule has 0 fully saturated rings. The molecule has 0 bridgehead atoms. The number of hydrogen-bond donors (Lipinski definition) is 1. The summed E-state index contributed by atoms with van der Waals surface area (Å²) >= 11 is 0. The van der Waals surface area contributed by atoms with Crippen LogP contribution < -0.4 is 14.8 Å². The van der Waals surface area contributed by atoms with Gasteiger partial charge in [0.2, 0.25) is 0 Å². The van der Waals surface area contributed by atoms with Crippen LogP contribution in [0.1, 0.15) is 18.1 Å². The second-order valence-electron chi connectivity index (χ2n) is 4.24. The minimum Gasteiger partial charge on any atom is -0.496 e. The molecular formula is C15H16F3NO3. The minimum absolute atomic E-state index is 0.168. The zero-order valence-corrected chi connectivity index (χ0v) is 12.4. The molecule has 22 heavy (non-hydrogen) atoms. The molecule has 0 aliphatic carbocycles. The Morgan fingerprint density at radius 1 is 1.23 bits per heavy atom. The van der Waals surface area contributed by atoms with Crippen LogP contribution in [-0.4, -0.2) is 32.8 Å². The second kappa shape index (κ2) is 7.59. The summed E-state index contributed by atoms with van der Waals surface area (Å²) in [6.07, 6.45) is -4.72. The zero-order valence-electron chi connectivity index (χ0n) is 12.4. The molecule has 0 aliphatic rings.